The van der Waals surface area contributed by atoms with Crippen molar-refractivity contribution >= 4 is 11.7 Å². The van der Waals surface area contributed by atoms with Crippen molar-refractivity contribution in [3.05, 3.63) is 0 Å². The van der Waals surface area contributed by atoms with Crippen LogP contribution in [0.15, 0.2) is 0 Å². The van der Waals surface area contributed by atoms with E-state index in [0.717, 1.165) is 12.8 Å². The first-order valence-electron chi connectivity index (χ1n) is 8.82. The second-order valence-corrected chi connectivity index (χ2v) is 7.52. The summed E-state index contributed by atoms with van der Waals surface area (Å²) in [5.74, 6) is 0.905. The molecule has 5 heteroatoms. The summed E-state index contributed by atoms with van der Waals surface area (Å²) in [5, 5.41) is 11.6. The molecular weight excluding hydrogens is 288 g/mol. The number of hydrogen-bond donors (Lipinski definition) is 2. The Hall–Kier alpha value is -1.10. The van der Waals surface area contributed by atoms with Gasteiger partial charge in [0, 0.05) is 13.1 Å². The Bertz CT molecular complexity index is 371. The average molecular weight is 327 g/mol. The van der Waals surface area contributed by atoms with Crippen LogP contribution in [0.5, 0.6) is 0 Å². The molecule has 0 saturated carbocycles. The smallest absolute Gasteiger partial charge is 0.238 e. The van der Waals surface area contributed by atoms with Crippen LogP contribution < -0.4 is 5.32 Å². The lowest BCUT2D eigenvalue weighted by atomic mass is 9.98. The Kier molecular flexibility index (Phi) is 9.44. The highest BCUT2D eigenvalue weighted by Gasteiger charge is 2.30. The van der Waals surface area contributed by atoms with Crippen LogP contribution in [0, 0.1) is 17.2 Å². The van der Waals surface area contributed by atoms with Crippen LogP contribution >= 0.6 is 0 Å². The topological polar surface area (TPSA) is 59.4 Å². The molecule has 0 aromatic carbocycles. The maximum Gasteiger partial charge on any atom is 0.238 e. The van der Waals surface area contributed by atoms with Crippen LogP contribution in [-0.4, -0.2) is 60.8 Å². The van der Waals surface area contributed by atoms with Crippen molar-refractivity contribution in [2.24, 2.45) is 11.8 Å². The van der Waals surface area contributed by atoms with Gasteiger partial charge in [-0.3, -0.25) is 15.1 Å². The summed E-state index contributed by atoms with van der Waals surface area (Å²) < 4.78 is 0. The summed E-state index contributed by atoms with van der Waals surface area (Å²) in [6.07, 6.45) is 2.14. The summed E-state index contributed by atoms with van der Waals surface area (Å²) in [6.45, 7) is 12.5. The quantitative estimate of drug-likeness (QED) is 0.506. The molecule has 0 aromatic rings. The zero-order valence-electron chi connectivity index (χ0n) is 16.6. The third-order valence-electron chi connectivity index (χ3n) is 4.46. The van der Waals surface area contributed by atoms with E-state index in [4.69, 9.17) is 5.41 Å². The van der Waals surface area contributed by atoms with E-state index < -0.39 is 0 Å². The molecule has 2 N–H and O–H groups in total. The molecule has 0 aliphatic heterocycles. The molecule has 23 heavy (non-hydrogen) atoms. The summed E-state index contributed by atoms with van der Waals surface area (Å²) in [4.78, 5) is 16.6. The molecule has 5 nitrogen and oxygen atoms in total. The van der Waals surface area contributed by atoms with E-state index in [1.165, 1.54) is 0 Å². The van der Waals surface area contributed by atoms with Gasteiger partial charge in [-0.25, -0.2) is 0 Å². The van der Waals surface area contributed by atoms with E-state index in [1.54, 1.807) is 0 Å². The molecule has 0 aliphatic carbocycles. The molecular formula is C18H38N4O. The normalized spacial score (nSPS) is 15.7. The van der Waals surface area contributed by atoms with Crippen molar-refractivity contribution in [3.63, 3.8) is 0 Å². The van der Waals surface area contributed by atoms with Gasteiger partial charge in [0.25, 0.3) is 0 Å². The molecule has 136 valence electrons. The second kappa shape index (κ2) is 9.91. The Morgan fingerprint density at radius 1 is 1.04 bits per heavy atom. The summed E-state index contributed by atoms with van der Waals surface area (Å²) >= 11 is 0. The molecule has 1 amide bonds. The number of rotatable bonds is 9. The number of amidine groups is 1. The fraction of sp³-hybridized carbons (Fsp3) is 0.889. The van der Waals surface area contributed by atoms with Crippen molar-refractivity contribution in [1.29, 1.82) is 5.41 Å². The van der Waals surface area contributed by atoms with E-state index in [-0.39, 0.29) is 29.8 Å². The van der Waals surface area contributed by atoms with Gasteiger partial charge in [-0.05, 0) is 39.3 Å². The number of carbonyl (C=O) groups excluding carboxylic acids is 1. The van der Waals surface area contributed by atoms with Crippen molar-refractivity contribution in [1.82, 2.24) is 15.1 Å². The first-order chi connectivity index (χ1) is 10.5. The lowest BCUT2D eigenvalue weighted by Gasteiger charge is -2.35. The Balaban J connectivity index is 5.13. The van der Waals surface area contributed by atoms with E-state index in [1.807, 2.05) is 30.9 Å². The molecule has 1 unspecified atom stereocenters. The number of amides is 1. The van der Waals surface area contributed by atoms with Gasteiger partial charge in [-0.2, -0.15) is 0 Å². The number of hydrogen-bond acceptors (Lipinski definition) is 3. The zero-order valence-corrected chi connectivity index (χ0v) is 16.6. The van der Waals surface area contributed by atoms with Gasteiger partial charge in [-0.1, -0.05) is 41.0 Å². The SMILES string of the molecule is CCCC(C)N(C)C(=N)[C@@H](NC(=O)[C@H](C(C)C)N(C)C)C(C)C. The van der Waals surface area contributed by atoms with Gasteiger partial charge in [0.15, 0.2) is 0 Å². The van der Waals surface area contributed by atoms with Gasteiger partial charge >= 0.3 is 0 Å². The second-order valence-electron chi connectivity index (χ2n) is 7.52. The molecule has 0 aliphatic rings. The van der Waals surface area contributed by atoms with E-state index in [2.05, 4.69) is 46.9 Å². The first-order valence-corrected chi connectivity index (χ1v) is 8.82. The van der Waals surface area contributed by atoms with Crippen LogP contribution in [0.25, 0.3) is 0 Å². The predicted molar refractivity (Wildman–Crippen MR) is 98.9 cm³/mol. The number of likely N-dealkylation sites (N-methyl/N-ethyl adjacent to an activating group) is 2. The maximum atomic E-state index is 12.7. The number of nitrogens with one attached hydrogen (secondary N) is 2. The highest BCUT2D eigenvalue weighted by atomic mass is 16.2. The molecule has 0 aromatic heterocycles. The molecule has 3 atom stereocenters. The third kappa shape index (κ3) is 6.50. The van der Waals surface area contributed by atoms with Gasteiger partial charge in [0.05, 0.1) is 12.1 Å². The maximum absolute atomic E-state index is 12.7. The van der Waals surface area contributed by atoms with E-state index in [0.29, 0.717) is 11.9 Å². The number of carbonyl (C=O) groups is 1. The van der Waals surface area contributed by atoms with Crippen molar-refractivity contribution in [2.45, 2.75) is 72.5 Å². The minimum atomic E-state index is -0.256. The lowest BCUT2D eigenvalue weighted by Crippen LogP contribution is -2.56. The highest BCUT2D eigenvalue weighted by Crippen LogP contribution is 2.13. The Labute approximate surface area is 143 Å². The molecule has 0 radical (unpaired) electrons. The largest absolute Gasteiger partial charge is 0.359 e. The minimum Gasteiger partial charge on any atom is -0.359 e. The summed E-state index contributed by atoms with van der Waals surface area (Å²) in [6, 6.07) is -0.129. The molecule has 0 heterocycles. The van der Waals surface area contributed by atoms with Crippen molar-refractivity contribution in [3.8, 4) is 0 Å². The fourth-order valence-corrected chi connectivity index (χ4v) is 2.99. The van der Waals surface area contributed by atoms with Crippen LogP contribution in [0.2, 0.25) is 0 Å². The summed E-state index contributed by atoms with van der Waals surface area (Å²) in [5.41, 5.74) is 0. The van der Waals surface area contributed by atoms with Crippen LogP contribution in [0.4, 0.5) is 0 Å². The van der Waals surface area contributed by atoms with Crippen LogP contribution in [0.3, 0.4) is 0 Å². The van der Waals surface area contributed by atoms with Gasteiger partial charge in [-0.15, -0.1) is 0 Å². The zero-order chi connectivity index (χ0) is 18.3. The molecule has 0 spiro atoms. The third-order valence-corrected chi connectivity index (χ3v) is 4.46. The molecule has 0 rings (SSSR count). The molecule has 0 fully saturated rings. The molecule has 0 saturated heterocycles. The average Bonchev–Trinajstić information content (AvgIpc) is 2.42. The lowest BCUT2D eigenvalue weighted by molar-refractivity contribution is -0.127. The standard InChI is InChI=1S/C18H38N4O/c1-10-11-14(6)22(9)17(19)15(12(2)3)20-18(23)16(13(4)5)21(7)8/h12-16,19H,10-11H2,1-9H3,(H,20,23)/t14?,15-,16-/m0/s1. The van der Waals surface area contributed by atoms with Gasteiger partial charge in [0.1, 0.15) is 5.84 Å². The van der Waals surface area contributed by atoms with Crippen molar-refractivity contribution in [2.75, 3.05) is 21.1 Å². The Morgan fingerprint density at radius 2 is 1.57 bits per heavy atom. The monoisotopic (exact) mass is 326 g/mol. The molecule has 0 bridgehead atoms. The fourth-order valence-electron chi connectivity index (χ4n) is 2.99. The van der Waals surface area contributed by atoms with Crippen molar-refractivity contribution < 1.29 is 4.79 Å². The van der Waals surface area contributed by atoms with Gasteiger partial charge in [0.2, 0.25) is 5.91 Å². The highest BCUT2D eigenvalue weighted by molar-refractivity contribution is 5.91. The number of nitrogens with zero attached hydrogens (tertiary/aromatic N) is 2. The minimum absolute atomic E-state index is 0.00462. The van der Waals surface area contributed by atoms with E-state index in [9.17, 15) is 4.79 Å². The van der Waals surface area contributed by atoms with E-state index >= 15 is 0 Å². The Morgan fingerprint density at radius 3 is 1.91 bits per heavy atom. The van der Waals surface area contributed by atoms with Gasteiger partial charge < -0.3 is 10.2 Å². The van der Waals surface area contributed by atoms with Crippen LogP contribution in [0.1, 0.15) is 54.4 Å². The summed E-state index contributed by atoms with van der Waals surface area (Å²) in [7, 11) is 5.81. The van der Waals surface area contributed by atoms with Crippen LogP contribution in [-0.2, 0) is 4.79 Å². The first kappa shape index (κ1) is 21.9. The predicted octanol–water partition coefficient (Wildman–Crippen LogP) is 2.81.